The molecular weight excluding hydrogens is 585 g/mol. The van der Waals surface area contributed by atoms with Gasteiger partial charge in [0.1, 0.15) is 5.01 Å². The van der Waals surface area contributed by atoms with Crippen molar-refractivity contribution in [3.05, 3.63) is 158 Å². The van der Waals surface area contributed by atoms with Crippen LogP contribution in [0.15, 0.2) is 158 Å². The van der Waals surface area contributed by atoms with Crippen molar-refractivity contribution in [2.24, 2.45) is 0 Å². The molecule has 0 aliphatic heterocycles. The van der Waals surface area contributed by atoms with E-state index in [4.69, 9.17) is 4.98 Å². The van der Waals surface area contributed by atoms with Crippen molar-refractivity contribution in [2.75, 3.05) is 4.90 Å². The Bertz CT molecular complexity index is 2490. The van der Waals surface area contributed by atoms with Crippen molar-refractivity contribution in [3.63, 3.8) is 0 Å². The van der Waals surface area contributed by atoms with Gasteiger partial charge in [-0.1, -0.05) is 121 Å². The Balaban J connectivity index is 1.31. The van der Waals surface area contributed by atoms with E-state index in [1.165, 1.54) is 46.8 Å². The van der Waals surface area contributed by atoms with E-state index < -0.39 is 0 Å². The van der Waals surface area contributed by atoms with Crippen LogP contribution >= 0.6 is 22.7 Å². The summed E-state index contributed by atoms with van der Waals surface area (Å²) in [6.45, 7) is 0. The summed E-state index contributed by atoms with van der Waals surface area (Å²) >= 11 is 3.62. The third-order valence-corrected chi connectivity index (χ3v) is 10.8. The van der Waals surface area contributed by atoms with E-state index in [1.54, 1.807) is 11.3 Å². The van der Waals surface area contributed by atoms with Crippen LogP contribution < -0.4 is 4.90 Å². The highest BCUT2D eigenvalue weighted by molar-refractivity contribution is 7.25. The molecule has 4 heteroatoms. The highest BCUT2D eigenvalue weighted by Gasteiger charge is 2.21. The summed E-state index contributed by atoms with van der Waals surface area (Å²) in [6, 6.07) is 56.7. The topological polar surface area (TPSA) is 16.1 Å². The molecule has 0 aliphatic rings. The van der Waals surface area contributed by atoms with Crippen molar-refractivity contribution in [2.45, 2.75) is 0 Å². The summed E-state index contributed by atoms with van der Waals surface area (Å²) in [5.41, 5.74) is 7.90. The molecule has 2 aromatic heterocycles. The van der Waals surface area contributed by atoms with Crippen molar-refractivity contribution in [1.29, 1.82) is 0 Å². The van der Waals surface area contributed by atoms with Crippen molar-refractivity contribution in [3.8, 4) is 21.7 Å². The molecule has 7 aromatic carbocycles. The standard InChI is InChI=1S/C41H26N2S2/c1-3-12-27(13-4-1)29-16-11-17-30(24-29)43(31-22-23-34-33-19-9-10-21-38(33)44-39(34)25-31)37-26-36-40(35-20-8-7-18-32(35)37)45-41(42-36)28-14-5-2-6-15-28/h1-26H. The van der Waals surface area contributed by atoms with Gasteiger partial charge in [0.25, 0.3) is 0 Å². The Labute approximate surface area is 269 Å². The first-order valence-corrected chi connectivity index (χ1v) is 16.7. The van der Waals surface area contributed by atoms with Gasteiger partial charge in [0, 0.05) is 47.9 Å². The first-order chi connectivity index (χ1) is 22.3. The number of hydrogen-bond acceptors (Lipinski definition) is 4. The number of anilines is 3. The number of benzene rings is 7. The number of thiazole rings is 1. The average Bonchev–Trinajstić information content (AvgIpc) is 3.71. The number of fused-ring (bicyclic) bond motifs is 6. The maximum absolute atomic E-state index is 5.20. The maximum Gasteiger partial charge on any atom is 0.124 e. The van der Waals surface area contributed by atoms with Crippen LogP contribution in [0.25, 0.3) is 62.9 Å². The Hall–Kier alpha value is -5.29. The highest BCUT2D eigenvalue weighted by atomic mass is 32.1. The molecular formula is C41H26N2S2. The average molecular weight is 611 g/mol. The van der Waals surface area contributed by atoms with E-state index in [2.05, 4.69) is 163 Å². The second kappa shape index (κ2) is 10.7. The molecule has 0 aliphatic carbocycles. The largest absolute Gasteiger partial charge is 0.310 e. The fourth-order valence-electron chi connectivity index (χ4n) is 6.36. The van der Waals surface area contributed by atoms with Crippen molar-refractivity contribution in [1.82, 2.24) is 4.98 Å². The molecule has 2 heterocycles. The van der Waals surface area contributed by atoms with Crippen molar-refractivity contribution >= 4 is 80.9 Å². The first-order valence-electron chi connectivity index (χ1n) is 15.0. The molecule has 0 atom stereocenters. The predicted molar refractivity (Wildman–Crippen MR) is 196 cm³/mol. The minimum Gasteiger partial charge on any atom is -0.310 e. The van der Waals surface area contributed by atoms with Gasteiger partial charge in [-0.15, -0.1) is 22.7 Å². The summed E-state index contributed by atoms with van der Waals surface area (Å²) in [5.74, 6) is 0. The molecule has 0 bridgehead atoms. The van der Waals surface area contributed by atoms with Gasteiger partial charge < -0.3 is 4.90 Å². The Morgan fingerprint density at radius 1 is 0.422 bits per heavy atom. The van der Waals surface area contributed by atoms with E-state index in [1.807, 2.05) is 11.3 Å². The predicted octanol–water partition coefficient (Wildman–Crippen LogP) is 12.6. The molecule has 45 heavy (non-hydrogen) atoms. The van der Waals surface area contributed by atoms with Crippen LogP contribution in [-0.4, -0.2) is 4.98 Å². The minimum absolute atomic E-state index is 1.01. The summed E-state index contributed by atoms with van der Waals surface area (Å²) < 4.78 is 3.81. The van der Waals surface area contributed by atoms with Crippen LogP contribution in [-0.2, 0) is 0 Å². The van der Waals surface area contributed by atoms with Crippen LogP contribution in [0.1, 0.15) is 0 Å². The van der Waals surface area contributed by atoms with Crippen molar-refractivity contribution < 1.29 is 0 Å². The van der Waals surface area contributed by atoms with Crippen LogP contribution in [0.5, 0.6) is 0 Å². The fraction of sp³-hybridized carbons (Fsp3) is 0. The molecule has 0 saturated heterocycles. The van der Waals surface area contributed by atoms with Gasteiger partial charge in [0.05, 0.1) is 15.9 Å². The van der Waals surface area contributed by atoms with E-state index in [0.29, 0.717) is 0 Å². The molecule has 2 nitrogen and oxygen atoms in total. The Morgan fingerprint density at radius 2 is 1.07 bits per heavy atom. The van der Waals surface area contributed by atoms with Crippen LogP contribution in [0.2, 0.25) is 0 Å². The van der Waals surface area contributed by atoms with Crippen LogP contribution in [0.3, 0.4) is 0 Å². The number of hydrogen-bond donors (Lipinski definition) is 0. The van der Waals surface area contributed by atoms with Crippen LogP contribution in [0.4, 0.5) is 17.1 Å². The van der Waals surface area contributed by atoms with Gasteiger partial charge in [-0.25, -0.2) is 4.98 Å². The zero-order valence-corrected chi connectivity index (χ0v) is 25.9. The fourth-order valence-corrected chi connectivity index (χ4v) is 8.59. The maximum atomic E-state index is 5.20. The smallest absolute Gasteiger partial charge is 0.124 e. The van der Waals surface area contributed by atoms with E-state index in [9.17, 15) is 0 Å². The zero-order chi connectivity index (χ0) is 29.7. The molecule has 0 N–H and O–H groups in total. The SMILES string of the molecule is c1ccc(-c2cccc(N(c3ccc4c(c3)sc3ccccc34)c3cc4nc(-c5ccccc5)sc4c4ccccc34)c2)cc1. The third kappa shape index (κ3) is 4.50. The van der Waals surface area contributed by atoms with Gasteiger partial charge in [-0.3, -0.25) is 0 Å². The lowest BCUT2D eigenvalue weighted by molar-refractivity contribution is 1.31. The number of thiophene rings is 1. The molecule has 0 fully saturated rings. The molecule has 9 aromatic rings. The van der Waals surface area contributed by atoms with Gasteiger partial charge in [-0.2, -0.15) is 0 Å². The number of aromatic nitrogens is 1. The number of rotatable bonds is 5. The lowest BCUT2D eigenvalue weighted by atomic mass is 10.0. The third-order valence-electron chi connectivity index (χ3n) is 8.47. The first kappa shape index (κ1) is 26.1. The second-order valence-corrected chi connectivity index (χ2v) is 13.3. The molecule has 9 rings (SSSR count). The number of nitrogens with zero attached hydrogens (tertiary/aromatic N) is 2. The summed E-state index contributed by atoms with van der Waals surface area (Å²) in [6.07, 6.45) is 0. The molecule has 0 saturated carbocycles. The van der Waals surface area contributed by atoms with E-state index >= 15 is 0 Å². The van der Waals surface area contributed by atoms with Gasteiger partial charge >= 0.3 is 0 Å². The molecule has 0 spiro atoms. The Morgan fingerprint density at radius 3 is 1.89 bits per heavy atom. The van der Waals surface area contributed by atoms with E-state index in [-0.39, 0.29) is 0 Å². The highest BCUT2D eigenvalue weighted by Crippen LogP contribution is 2.46. The molecule has 0 amide bonds. The second-order valence-electron chi connectivity index (χ2n) is 11.2. The lowest BCUT2D eigenvalue weighted by Crippen LogP contribution is -2.10. The molecule has 0 unspecified atom stereocenters. The molecule has 0 radical (unpaired) electrons. The minimum atomic E-state index is 1.01. The van der Waals surface area contributed by atoms with Gasteiger partial charge in [-0.05, 0) is 47.5 Å². The zero-order valence-electron chi connectivity index (χ0n) is 24.2. The van der Waals surface area contributed by atoms with E-state index in [0.717, 1.165) is 33.1 Å². The monoisotopic (exact) mass is 610 g/mol. The summed E-state index contributed by atoms with van der Waals surface area (Å²) in [4.78, 5) is 7.62. The normalized spacial score (nSPS) is 11.6. The Kier molecular flexibility index (Phi) is 6.22. The summed E-state index contributed by atoms with van der Waals surface area (Å²) in [7, 11) is 0. The van der Waals surface area contributed by atoms with Crippen LogP contribution in [0, 0.1) is 0 Å². The van der Waals surface area contributed by atoms with Gasteiger partial charge in [0.15, 0.2) is 0 Å². The summed E-state index contributed by atoms with van der Waals surface area (Å²) in [5, 5.41) is 6.07. The quantitative estimate of drug-likeness (QED) is 0.193. The van der Waals surface area contributed by atoms with Gasteiger partial charge in [0.2, 0.25) is 0 Å². The molecule has 212 valence electrons. The lowest BCUT2D eigenvalue weighted by Gasteiger charge is -2.27.